The summed E-state index contributed by atoms with van der Waals surface area (Å²) in [7, 11) is 1.57. The summed E-state index contributed by atoms with van der Waals surface area (Å²) >= 11 is 0. The highest BCUT2D eigenvalue weighted by atomic mass is 16.4. The van der Waals surface area contributed by atoms with Crippen LogP contribution in [-0.2, 0) is 9.59 Å². The highest BCUT2D eigenvalue weighted by Crippen LogP contribution is 2.19. The first kappa shape index (κ1) is 20.6. The zero-order chi connectivity index (χ0) is 21.1. The van der Waals surface area contributed by atoms with Gasteiger partial charge in [-0.15, -0.1) is 0 Å². The lowest BCUT2D eigenvalue weighted by Gasteiger charge is -2.32. The second-order valence-corrected chi connectivity index (χ2v) is 7.57. The lowest BCUT2D eigenvalue weighted by Crippen LogP contribution is -2.46. The lowest BCUT2D eigenvalue weighted by molar-refractivity contribution is -0.145. The number of benzene rings is 1. The average molecular weight is 398 g/mol. The van der Waals surface area contributed by atoms with Crippen LogP contribution in [0.4, 0.5) is 0 Å². The van der Waals surface area contributed by atoms with Gasteiger partial charge in [0.25, 0.3) is 5.91 Å². The standard InChI is InChI=1S/C21H26N4O4/c1-14-6-4-8-17(10-14)25-15(2)18(11-22-25)20(27)23(3)13-19(26)24-9-5-7-16(12-24)21(28)29/h4,6,8,10-11,16H,5,7,9,12-13H2,1-3H3,(H,28,29). The Kier molecular flexibility index (Phi) is 6.00. The van der Waals surface area contributed by atoms with Crippen molar-refractivity contribution in [3.63, 3.8) is 0 Å². The monoisotopic (exact) mass is 398 g/mol. The van der Waals surface area contributed by atoms with E-state index in [9.17, 15) is 19.5 Å². The van der Waals surface area contributed by atoms with Crippen LogP contribution in [0.3, 0.4) is 0 Å². The number of aliphatic carboxylic acids is 1. The van der Waals surface area contributed by atoms with Crippen molar-refractivity contribution < 1.29 is 19.5 Å². The van der Waals surface area contributed by atoms with E-state index in [1.165, 1.54) is 16.0 Å². The number of nitrogens with zero attached hydrogens (tertiary/aromatic N) is 4. The number of rotatable bonds is 5. The summed E-state index contributed by atoms with van der Waals surface area (Å²) in [6.45, 7) is 4.43. The van der Waals surface area contributed by atoms with E-state index < -0.39 is 11.9 Å². The molecule has 0 aliphatic carbocycles. The zero-order valence-electron chi connectivity index (χ0n) is 17.0. The molecule has 0 bridgehead atoms. The number of hydrogen-bond donors (Lipinski definition) is 1. The lowest BCUT2D eigenvalue weighted by atomic mass is 9.98. The van der Waals surface area contributed by atoms with Gasteiger partial charge in [0.05, 0.1) is 35.6 Å². The molecule has 0 radical (unpaired) electrons. The molecule has 29 heavy (non-hydrogen) atoms. The Balaban J connectivity index is 1.69. The summed E-state index contributed by atoms with van der Waals surface area (Å²) in [5.74, 6) is -1.95. The van der Waals surface area contributed by atoms with E-state index >= 15 is 0 Å². The van der Waals surface area contributed by atoms with Crippen molar-refractivity contribution in [2.24, 2.45) is 5.92 Å². The van der Waals surface area contributed by atoms with Crippen LogP contribution in [0.25, 0.3) is 5.69 Å². The fourth-order valence-electron chi connectivity index (χ4n) is 3.63. The minimum Gasteiger partial charge on any atom is -0.481 e. The Morgan fingerprint density at radius 1 is 1.28 bits per heavy atom. The molecule has 8 nitrogen and oxygen atoms in total. The maximum Gasteiger partial charge on any atom is 0.308 e. The van der Waals surface area contributed by atoms with Gasteiger partial charge in [-0.25, -0.2) is 4.68 Å². The Hall–Kier alpha value is -3.16. The van der Waals surface area contributed by atoms with Gasteiger partial charge in [-0.3, -0.25) is 14.4 Å². The van der Waals surface area contributed by atoms with Crippen LogP contribution in [0.2, 0.25) is 0 Å². The largest absolute Gasteiger partial charge is 0.481 e. The summed E-state index contributed by atoms with van der Waals surface area (Å²) in [4.78, 5) is 39.6. The van der Waals surface area contributed by atoms with Gasteiger partial charge in [0.15, 0.2) is 0 Å². The number of carbonyl (C=O) groups excluding carboxylic acids is 2. The maximum atomic E-state index is 12.9. The van der Waals surface area contributed by atoms with E-state index in [1.54, 1.807) is 11.7 Å². The van der Waals surface area contributed by atoms with Crippen molar-refractivity contribution in [3.05, 3.63) is 47.3 Å². The zero-order valence-corrected chi connectivity index (χ0v) is 17.0. The topological polar surface area (TPSA) is 95.7 Å². The SMILES string of the molecule is Cc1cccc(-n2ncc(C(=O)N(C)CC(=O)N3CCCC(C(=O)O)C3)c2C)c1. The number of aromatic nitrogens is 2. The molecule has 1 aromatic heterocycles. The molecule has 1 atom stereocenters. The van der Waals surface area contributed by atoms with Crippen LogP contribution in [0.15, 0.2) is 30.5 Å². The normalized spacial score (nSPS) is 16.5. The minimum atomic E-state index is -0.883. The number of piperidine rings is 1. The number of carbonyl (C=O) groups is 3. The maximum absolute atomic E-state index is 12.9. The molecule has 2 amide bonds. The van der Waals surface area contributed by atoms with Gasteiger partial charge in [-0.1, -0.05) is 12.1 Å². The van der Waals surface area contributed by atoms with Crippen LogP contribution in [0.5, 0.6) is 0 Å². The van der Waals surface area contributed by atoms with Gasteiger partial charge in [-0.2, -0.15) is 5.10 Å². The fraction of sp³-hybridized carbons (Fsp3) is 0.429. The molecule has 8 heteroatoms. The van der Waals surface area contributed by atoms with Gasteiger partial charge < -0.3 is 14.9 Å². The summed E-state index contributed by atoms with van der Waals surface area (Å²) < 4.78 is 1.71. The Bertz CT molecular complexity index is 937. The number of likely N-dealkylation sites (N-methyl/N-ethyl adjacent to an activating group) is 1. The summed E-state index contributed by atoms with van der Waals surface area (Å²) in [6, 6.07) is 7.82. The van der Waals surface area contributed by atoms with Crippen LogP contribution in [0, 0.1) is 19.8 Å². The molecular weight excluding hydrogens is 372 g/mol. The molecular formula is C21H26N4O4. The second kappa shape index (κ2) is 8.46. The van der Waals surface area contributed by atoms with Gasteiger partial charge in [0.1, 0.15) is 0 Å². The number of likely N-dealkylation sites (tertiary alicyclic amines) is 1. The predicted octanol–water partition coefficient (Wildman–Crippen LogP) is 1.88. The first-order chi connectivity index (χ1) is 13.8. The molecule has 1 aliphatic rings. The first-order valence-electron chi connectivity index (χ1n) is 9.65. The smallest absolute Gasteiger partial charge is 0.308 e. The van der Waals surface area contributed by atoms with E-state index in [-0.39, 0.29) is 24.9 Å². The van der Waals surface area contributed by atoms with Crippen molar-refractivity contribution in [2.45, 2.75) is 26.7 Å². The predicted molar refractivity (Wildman–Crippen MR) is 107 cm³/mol. The van der Waals surface area contributed by atoms with E-state index in [2.05, 4.69) is 5.10 Å². The average Bonchev–Trinajstić information content (AvgIpc) is 3.08. The van der Waals surface area contributed by atoms with Crippen molar-refractivity contribution in [3.8, 4) is 5.69 Å². The van der Waals surface area contributed by atoms with E-state index in [0.29, 0.717) is 30.6 Å². The molecule has 1 N–H and O–H groups in total. The Morgan fingerprint density at radius 2 is 2.03 bits per heavy atom. The number of hydrogen-bond acceptors (Lipinski definition) is 4. The molecule has 3 rings (SSSR count). The summed E-state index contributed by atoms with van der Waals surface area (Å²) in [6.07, 6.45) is 2.75. The van der Waals surface area contributed by atoms with Crippen LogP contribution < -0.4 is 0 Å². The molecule has 2 aromatic rings. The number of carboxylic acid groups (broad SMARTS) is 1. The van der Waals surface area contributed by atoms with Gasteiger partial charge in [0, 0.05) is 20.1 Å². The van der Waals surface area contributed by atoms with Crippen LogP contribution >= 0.6 is 0 Å². The Labute approximate surface area is 169 Å². The summed E-state index contributed by atoms with van der Waals surface area (Å²) in [5, 5.41) is 13.5. The highest BCUT2D eigenvalue weighted by Gasteiger charge is 2.29. The number of carboxylic acids is 1. The third kappa shape index (κ3) is 4.47. The molecule has 1 aromatic carbocycles. The van der Waals surface area contributed by atoms with Gasteiger partial charge in [-0.05, 0) is 44.4 Å². The summed E-state index contributed by atoms with van der Waals surface area (Å²) in [5.41, 5.74) is 3.09. The van der Waals surface area contributed by atoms with Crippen molar-refractivity contribution >= 4 is 17.8 Å². The van der Waals surface area contributed by atoms with Gasteiger partial charge >= 0.3 is 5.97 Å². The third-order valence-corrected chi connectivity index (χ3v) is 5.33. The first-order valence-corrected chi connectivity index (χ1v) is 9.65. The van der Waals surface area contributed by atoms with E-state index in [4.69, 9.17) is 0 Å². The Morgan fingerprint density at radius 3 is 2.72 bits per heavy atom. The quantitative estimate of drug-likeness (QED) is 0.830. The molecule has 1 fully saturated rings. The molecule has 1 aliphatic heterocycles. The molecule has 0 spiro atoms. The fourth-order valence-corrected chi connectivity index (χ4v) is 3.63. The van der Waals surface area contributed by atoms with Crippen molar-refractivity contribution in [1.29, 1.82) is 0 Å². The molecule has 2 heterocycles. The van der Waals surface area contributed by atoms with Crippen molar-refractivity contribution in [2.75, 3.05) is 26.7 Å². The molecule has 1 saturated heterocycles. The van der Waals surface area contributed by atoms with E-state index in [0.717, 1.165) is 11.3 Å². The van der Waals surface area contributed by atoms with Crippen LogP contribution in [-0.4, -0.2) is 69.2 Å². The number of amides is 2. The molecule has 0 saturated carbocycles. The molecule has 1 unspecified atom stereocenters. The van der Waals surface area contributed by atoms with Crippen molar-refractivity contribution in [1.82, 2.24) is 19.6 Å². The van der Waals surface area contributed by atoms with E-state index in [1.807, 2.05) is 38.1 Å². The van der Waals surface area contributed by atoms with Gasteiger partial charge in [0.2, 0.25) is 5.91 Å². The van der Waals surface area contributed by atoms with Crippen LogP contribution in [0.1, 0.15) is 34.5 Å². The molecule has 154 valence electrons. The number of aryl methyl sites for hydroxylation is 1. The third-order valence-electron chi connectivity index (χ3n) is 5.33. The second-order valence-electron chi connectivity index (χ2n) is 7.57. The minimum absolute atomic E-state index is 0.0970. The highest BCUT2D eigenvalue weighted by molar-refractivity contribution is 5.97.